The second kappa shape index (κ2) is 8.39. The predicted octanol–water partition coefficient (Wildman–Crippen LogP) is 1.67. The zero-order valence-corrected chi connectivity index (χ0v) is 12.8. The number of nitrogens with zero attached hydrogens (tertiary/aromatic N) is 3. The highest BCUT2D eigenvalue weighted by Crippen LogP contribution is 2.28. The van der Waals surface area contributed by atoms with Crippen LogP contribution in [-0.2, 0) is 11.3 Å². The first kappa shape index (κ1) is 15.5. The van der Waals surface area contributed by atoms with Crippen LogP contribution in [0.25, 0.3) is 0 Å². The molecule has 0 radical (unpaired) electrons. The van der Waals surface area contributed by atoms with Crippen molar-refractivity contribution < 1.29 is 4.74 Å². The summed E-state index contributed by atoms with van der Waals surface area (Å²) in [7, 11) is 3.86. The largest absolute Gasteiger partial charge is 0.383 e. The molecular weight excluding hydrogens is 252 g/mol. The van der Waals surface area contributed by atoms with Gasteiger partial charge >= 0.3 is 0 Å². The third-order valence-corrected chi connectivity index (χ3v) is 4.02. The van der Waals surface area contributed by atoms with Crippen LogP contribution in [0.15, 0.2) is 12.3 Å². The maximum atomic E-state index is 5.06. The number of methoxy groups -OCH3 is 1. The zero-order chi connectivity index (χ0) is 14.2. The first-order valence-corrected chi connectivity index (χ1v) is 7.72. The lowest BCUT2D eigenvalue weighted by Crippen LogP contribution is -2.31. The molecular formula is C15H28N4O. The van der Waals surface area contributed by atoms with Gasteiger partial charge in [-0.05, 0) is 26.0 Å². The van der Waals surface area contributed by atoms with Gasteiger partial charge in [0.15, 0.2) is 0 Å². The summed E-state index contributed by atoms with van der Waals surface area (Å²) >= 11 is 0. The van der Waals surface area contributed by atoms with Crippen molar-refractivity contribution in [1.29, 1.82) is 0 Å². The monoisotopic (exact) mass is 280 g/mol. The molecule has 0 saturated heterocycles. The molecule has 1 saturated carbocycles. The summed E-state index contributed by atoms with van der Waals surface area (Å²) in [5, 5.41) is 8.13. The number of hydrogen-bond donors (Lipinski definition) is 1. The molecule has 1 aliphatic carbocycles. The van der Waals surface area contributed by atoms with Crippen molar-refractivity contribution in [2.24, 2.45) is 0 Å². The van der Waals surface area contributed by atoms with E-state index < -0.39 is 0 Å². The molecule has 2 rings (SSSR count). The topological polar surface area (TPSA) is 42.3 Å². The van der Waals surface area contributed by atoms with Crippen molar-refractivity contribution in [3.05, 3.63) is 18.0 Å². The second-order valence-electron chi connectivity index (χ2n) is 5.70. The smallest absolute Gasteiger partial charge is 0.0762 e. The molecule has 0 amide bonds. The van der Waals surface area contributed by atoms with E-state index >= 15 is 0 Å². The summed E-state index contributed by atoms with van der Waals surface area (Å²) in [6, 6.07) is 2.78. The SMILES string of the molecule is COCCN(C)CCNCc1ccn(C2CCCC2)n1. The van der Waals surface area contributed by atoms with Crippen LogP contribution in [0, 0.1) is 0 Å². The Balaban J connectivity index is 1.62. The van der Waals surface area contributed by atoms with Crippen molar-refractivity contribution in [1.82, 2.24) is 20.0 Å². The molecule has 20 heavy (non-hydrogen) atoms. The molecule has 5 heteroatoms. The molecule has 1 aromatic heterocycles. The van der Waals surface area contributed by atoms with Gasteiger partial charge in [0.05, 0.1) is 18.3 Å². The van der Waals surface area contributed by atoms with Crippen molar-refractivity contribution >= 4 is 0 Å². The maximum Gasteiger partial charge on any atom is 0.0762 e. The van der Waals surface area contributed by atoms with E-state index in [9.17, 15) is 0 Å². The van der Waals surface area contributed by atoms with E-state index in [0.717, 1.165) is 38.5 Å². The standard InChI is InChI=1S/C15H28N4O/c1-18(11-12-20-2)10-8-16-13-14-7-9-19(17-14)15-5-3-4-6-15/h7,9,15-16H,3-6,8,10-13H2,1-2H3. The second-order valence-corrected chi connectivity index (χ2v) is 5.70. The van der Waals surface area contributed by atoms with Gasteiger partial charge in [0.2, 0.25) is 0 Å². The molecule has 0 bridgehead atoms. The number of hydrogen-bond acceptors (Lipinski definition) is 4. The van der Waals surface area contributed by atoms with E-state index in [1.807, 2.05) is 0 Å². The average molecular weight is 280 g/mol. The van der Waals surface area contributed by atoms with Crippen LogP contribution >= 0.6 is 0 Å². The Morgan fingerprint density at radius 2 is 2.20 bits per heavy atom. The lowest BCUT2D eigenvalue weighted by atomic mass is 10.3. The summed E-state index contributed by atoms with van der Waals surface area (Å²) < 4.78 is 7.23. The van der Waals surface area contributed by atoms with Gasteiger partial charge in [-0.2, -0.15) is 5.10 Å². The molecule has 1 heterocycles. The number of ether oxygens (including phenoxy) is 1. The van der Waals surface area contributed by atoms with Gasteiger partial charge in [0.25, 0.3) is 0 Å². The van der Waals surface area contributed by atoms with Gasteiger partial charge in [0, 0.05) is 39.5 Å². The normalized spacial score (nSPS) is 16.4. The molecule has 0 aromatic carbocycles. The Bertz CT molecular complexity index is 374. The van der Waals surface area contributed by atoms with E-state index in [0.29, 0.717) is 6.04 Å². The van der Waals surface area contributed by atoms with E-state index in [4.69, 9.17) is 4.74 Å². The number of aromatic nitrogens is 2. The molecule has 0 spiro atoms. The summed E-state index contributed by atoms with van der Waals surface area (Å²) in [5.74, 6) is 0. The number of likely N-dealkylation sites (N-methyl/N-ethyl adjacent to an activating group) is 1. The predicted molar refractivity (Wildman–Crippen MR) is 80.8 cm³/mol. The van der Waals surface area contributed by atoms with E-state index in [2.05, 4.69) is 39.3 Å². The fourth-order valence-corrected chi connectivity index (χ4v) is 2.69. The Morgan fingerprint density at radius 3 is 2.95 bits per heavy atom. The first-order chi connectivity index (χ1) is 9.79. The fraction of sp³-hybridized carbons (Fsp3) is 0.800. The lowest BCUT2D eigenvalue weighted by molar-refractivity contribution is 0.161. The van der Waals surface area contributed by atoms with E-state index in [1.165, 1.54) is 25.7 Å². The van der Waals surface area contributed by atoms with Crippen molar-refractivity contribution in [3.63, 3.8) is 0 Å². The van der Waals surface area contributed by atoms with Crippen LogP contribution in [0.1, 0.15) is 37.4 Å². The minimum atomic E-state index is 0.643. The Kier molecular flexibility index (Phi) is 6.50. The van der Waals surface area contributed by atoms with Crippen molar-refractivity contribution in [3.8, 4) is 0 Å². The van der Waals surface area contributed by atoms with Crippen LogP contribution in [0.4, 0.5) is 0 Å². The molecule has 5 nitrogen and oxygen atoms in total. The molecule has 0 atom stereocenters. The molecule has 0 unspecified atom stereocenters. The van der Waals surface area contributed by atoms with Crippen LogP contribution in [0.2, 0.25) is 0 Å². The Hall–Kier alpha value is -0.910. The molecule has 1 aromatic rings. The van der Waals surface area contributed by atoms with Gasteiger partial charge in [-0.15, -0.1) is 0 Å². The van der Waals surface area contributed by atoms with Gasteiger partial charge in [-0.25, -0.2) is 0 Å². The van der Waals surface area contributed by atoms with E-state index in [1.54, 1.807) is 7.11 Å². The molecule has 114 valence electrons. The number of rotatable bonds is 9. The molecule has 1 N–H and O–H groups in total. The highest BCUT2D eigenvalue weighted by atomic mass is 16.5. The third kappa shape index (κ3) is 4.89. The minimum absolute atomic E-state index is 0.643. The Morgan fingerprint density at radius 1 is 1.40 bits per heavy atom. The van der Waals surface area contributed by atoms with Gasteiger partial charge in [-0.3, -0.25) is 4.68 Å². The summed E-state index contributed by atoms with van der Waals surface area (Å²) in [6.07, 6.45) is 7.42. The fourth-order valence-electron chi connectivity index (χ4n) is 2.69. The molecule has 1 fully saturated rings. The summed E-state index contributed by atoms with van der Waals surface area (Å²) in [5.41, 5.74) is 1.15. The van der Waals surface area contributed by atoms with Crippen LogP contribution < -0.4 is 5.32 Å². The third-order valence-electron chi connectivity index (χ3n) is 4.02. The molecule has 0 aliphatic heterocycles. The zero-order valence-electron chi connectivity index (χ0n) is 12.8. The maximum absolute atomic E-state index is 5.06. The first-order valence-electron chi connectivity index (χ1n) is 7.72. The number of nitrogens with one attached hydrogen (secondary N) is 1. The minimum Gasteiger partial charge on any atom is -0.383 e. The quantitative estimate of drug-likeness (QED) is 0.699. The van der Waals surface area contributed by atoms with E-state index in [-0.39, 0.29) is 0 Å². The van der Waals surface area contributed by atoms with Crippen molar-refractivity contribution in [2.45, 2.75) is 38.3 Å². The average Bonchev–Trinajstić information content (AvgIpc) is 3.11. The van der Waals surface area contributed by atoms with Crippen LogP contribution in [-0.4, -0.2) is 55.1 Å². The van der Waals surface area contributed by atoms with Crippen LogP contribution in [0.3, 0.4) is 0 Å². The highest BCUT2D eigenvalue weighted by Gasteiger charge is 2.17. The van der Waals surface area contributed by atoms with Crippen LogP contribution in [0.5, 0.6) is 0 Å². The Labute approximate surface area is 122 Å². The highest BCUT2D eigenvalue weighted by molar-refractivity contribution is 4.99. The van der Waals surface area contributed by atoms with Gasteiger partial charge < -0.3 is 15.0 Å². The summed E-state index contributed by atoms with van der Waals surface area (Å²) in [4.78, 5) is 2.27. The van der Waals surface area contributed by atoms with Gasteiger partial charge in [-0.1, -0.05) is 12.8 Å². The summed E-state index contributed by atoms with van der Waals surface area (Å²) in [6.45, 7) is 4.65. The van der Waals surface area contributed by atoms with Gasteiger partial charge in [0.1, 0.15) is 0 Å². The molecule has 1 aliphatic rings. The lowest BCUT2D eigenvalue weighted by Gasteiger charge is -2.15. The van der Waals surface area contributed by atoms with Crippen molar-refractivity contribution in [2.75, 3.05) is 40.4 Å².